The molecule has 3 aliphatic heterocycles. The van der Waals surface area contributed by atoms with E-state index in [1.165, 1.54) is 0 Å². The van der Waals surface area contributed by atoms with Gasteiger partial charge in [-0.05, 0) is 19.2 Å². The van der Waals surface area contributed by atoms with Crippen LogP contribution in [0.3, 0.4) is 0 Å². The van der Waals surface area contributed by atoms with Crippen LogP contribution in [0.4, 0.5) is 0 Å². The molecule has 0 amide bonds. The fourth-order valence-electron chi connectivity index (χ4n) is 2.64. The Morgan fingerprint density at radius 2 is 2.20 bits per heavy atom. The van der Waals surface area contributed by atoms with Crippen LogP contribution in [-0.2, 0) is 27.6 Å². The number of hydrogen-bond acceptors (Lipinski definition) is 6. The van der Waals surface area contributed by atoms with Crippen LogP contribution in [0.25, 0.3) is 0 Å². The molecule has 0 N–H and O–H groups in total. The van der Waals surface area contributed by atoms with Crippen LogP contribution in [0.2, 0.25) is 0 Å². The van der Waals surface area contributed by atoms with Gasteiger partial charge in [-0.1, -0.05) is 6.92 Å². The molecule has 8 atom stereocenters. The molecule has 3 aliphatic rings. The first kappa shape index (κ1) is 11.6. The van der Waals surface area contributed by atoms with Crippen LogP contribution < -0.4 is 0 Å². The zero-order chi connectivity index (χ0) is 16.6. The maximum atomic E-state index is 12.8. The van der Waals surface area contributed by atoms with Crippen molar-refractivity contribution in [2.45, 2.75) is 57.5 Å². The third-order valence-electron chi connectivity index (χ3n) is 3.84. The lowest BCUT2D eigenvalue weighted by molar-refractivity contribution is -0.0643. The smallest absolute Gasteiger partial charge is 0.376 e. The summed E-state index contributed by atoms with van der Waals surface area (Å²) >= 11 is 0. The molecule has 0 aliphatic carbocycles. The van der Waals surface area contributed by atoms with Crippen molar-refractivity contribution >= 4 is 7.82 Å². The molecule has 0 radical (unpaired) electrons. The van der Waals surface area contributed by atoms with Crippen molar-refractivity contribution in [2.75, 3.05) is 19.8 Å². The van der Waals surface area contributed by atoms with Gasteiger partial charge in [0.25, 0.3) is 0 Å². The average molecular weight is 311 g/mol. The second kappa shape index (κ2) is 6.03. The maximum absolute atomic E-state index is 12.8. The number of rotatable bonds is 3. The van der Waals surface area contributed by atoms with Crippen LogP contribution in [-0.4, -0.2) is 44.2 Å². The van der Waals surface area contributed by atoms with Crippen molar-refractivity contribution in [1.82, 2.24) is 0 Å². The quantitative estimate of drug-likeness (QED) is 0.746. The van der Waals surface area contributed by atoms with Crippen LogP contribution in [0.15, 0.2) is 0 Å². The van der Waals surface area contributed by atoms with Gasteiger partial charge in [0.05, 0.1) is 33.8 Å². The third-order valence-corrected chi connectivity index (χ3v) is 5.40. The van der Waals surface area contributed by atoms with E-state index in [4.69, 9.17) is 27.2 Å². The fourth-order valence-corrected chi connectivity index (χ4v) is 4.25. The summed E-state index contributed by atoms with van der Waals surface area (Å²) in [5, 5.41) is 0. The van der Waals surface area contributed by atoms with Crippen LogP contribution >= 0.6 is 7.82 Å². The normalized spacial score (nSPS) is 59.0. The van der Waals surface area contributed by atoms with Gasteiger partial charge in [-0.15, -0.1) is 0 Å². The van der Waals surface area contributed by atoms with Crippen LogP contribution in [0, 0.1) is 5.92 Å². The van der Waals surface area contributed by atoms with E-state index in [9.17, 15) is 4.57 Å². The minimum atomic E-state index is -3.78. The second-order valence-electron chi connectivity index (χ2n) is 5.41. The molecule has 0 aromatic heterocycles. The molecule has 116 valence electrons. The van der Waals surface area contributed by atoms with E-state index in [1.807, 2.05) is 6.92 Å². The third kappa shape index (κ3) is 3.11. The zero-order valence-corrected chi connectivity index (χ0v) is 12.4. The van der Waals surface area contributed by atoms with E-state index < -0.39 is 39.3 Å². The summed E-state index contributed by atoms with van der Waals surface area (Å²) in [5.41, 5.74) is 0. The van der Waals surface area contributed by atoms with Crippen molar-refractivity contribution in [1.29, 1.82) is 0 Å². The van der Waals surface area contributed by atoms with Crippen molar-refractivity contribution in [2.24, 2.45) is 5.92 Å². The van der Waals surface area contributed by atoms with Gasteiger partial charge in [0.2, 0.25) is 0 Å². The topological polar surface area (TPSA) is 63.2 Å². The molecule has 3 heterocycles. The predicted octanol–water partition coefficient (Wildman–Crippen LogP) is 2.52. The van der Waals surface area contributed by atoms with Gasteiger partial charge < -0.3 is 9.47 Å². The molecule has 6 nitrogen and oxygen atoms in total. The minimum Gasteiger partial charge on any atom is -0.376 e. The Bertz CT molecular complexity index is 469. The number of phosphoric acid groups is 1. The van der Waals surface area contributed by atoms with Crippen LogP contribution in [0.1, 0.15) is 37.2 Å². The Balaban J connectivity index is 1.64. The number of phosphoric ester groups is 1. The monoisotopic (exact) mass is 311 g/mol. The van der Waals surface area contributed by atoms with Gasteiger partial charge in [-0.2, -0.15) is 0 Å². The number of hydrogen-bond donors (Lipinski definition) is 0. The summed E-state index contributed by atoms with van der Waals surface area (Å²) in [6, 6.07) is 0. The largest absolute Gasteiger partial charge is 0.475 e. The van der Waals surface area contributed by atoms with Gasteiger partial charge in [-0.3, -0.25) is 13.6 Å². The molecule has 3 rings (SSSR count). The summed E-state index contributed by atoms with van der Waals surface area (Å²) in [7, 11) is -3.78. The molecule has 0 saturated carbocycles. The number of ether oxygens (including phenoxy) is 2. The Kier molecular flexibility index (Phi) is 3.49. The fraction of sp³-hybridized carbons (Fsp3) is 1.00. The molecule has 7 heteroatoms. The van der Waals surface area contributed by atoms with Gasteiger partial charge in [0.15, 0.2) is 0 Å². The van der Waals surface area contributed by atoms with Crippen LogP contribution in [0.5, 0.6) is 0 Å². The average Bonchev–Trinajstić information content (AvgIpc) is 3.00. The highest BCUT2D eigenvalue weighted by atomic mass is 31.2. The van der Waals surface area contributed by atoms with Gasteiger partial charge in [-0.25, -0.2) is 4.57 Å². The van der Waals surface area contributed by atoms with Crippen molar-refractivity contribution in [3.8, 4) is 0 Å². The Hall–Kier alpha value is 0.0300. The van der Waals surface area contributed by atoms with E-state index in [0.717, 1.165) is 0 Å². The lowest BCUT2D eigenvalue weighted by atomic mass is 9.98. The molecule has 0 aromatic carbocycles. The first-order chi connectivity index (χ1) is 10.9. The summed E-state index contributed by atoms with van der Waals surface area (Å²) in [6.07, 6.45) is -0.609. The highest BCUT2D eigenvalue weighted by molar-refractivity contribution is 7.48. The molecule has 0 unspecified atom stereocenters. The van der Waals surface area contributed by atoms with Gasteiger partial charge in [0, 0.05) is 27.4 Å². The van der Waals surface area contributed by atoms with E-state index >= 15 is 0 Å². The zero-order valence-electron chi connectivity index (χ0n) is 14.5. The summed E-state index contributed by atoms with van der Waals surface area (Å²) in [6.45, 7) is 0.759. The van der Waals surface area contributed by atoms with E-state index in [2.05, 4.69) is 0 Å². The lowest BCUT2D eigenvalue weighted by Crippen LogP contribution is -2.36. The molecule has 0 bridgehead atoms. The Morgan fingerprint density at radius 1 is 1.35 bits per heavy atom. The highest BCUT2D eigenvalue weighted by Gasteiger charge is 2.45. The SMILES string of the molecule is [2H]C[C@H]1O[C@@H]([3H])C[C@@H]1O[P@@]1(=O)OCC[C@H]([C@H]2O[C@@H]([3H])C[C@@H]2C)O1. The summed E-state index contributed by atoms with van der Waals surface area (Å²) in [5.74, 6) is 0.141. The molecule has 0 aromatic rings. The van der Waals surface area contributed by atoms with E-state index in [-0.39, 0.29) is 31.9 Å². The molecule has 3 saturated heterocycles. The maximum Gasteiger partial charge on any atom is 0.475 e. The summed E-state index contributed by atoms with van der Waals surface area (Å²) < 4.78 is 62.6. The van der Waals surface area contributed by atoms with Gasteiger partial charge >= 0.3 is 7.82 Å². The second-order valence-corrected chi connectivity index (χ2v) is 6.99. The minimum absolute atomic E-state index is 0.0766. The van der Waals surface area contributed by atoms with Crippen molar-refractivity contribution in [3.63, 3.8) is 0 Å². The van der Waals surface area contributed by atoms with E-state index in [0.29, 0.717) is 12.8 Å². The molecule has 20 heavy (non-hydrogen) atoms. The Morgan fingerprint density at radius 3 is 2.95 bits per heavy atom. The Labute approximate surface area is 123 Å². The molecule has 3 fully saturated rings. The molecule has 0 spiro atoms. The predicted molar refractivity (Wildman–Crippen MR) is 71.5 cm³/mol. The summed E-state index contributed by atoms with van der Waals surface area (Å²) in [4.78, 5) is 0. The first-order valence-corrected chi connectivity index (χ1v) is 8.42. The lowest BCUT2D eigenvalue weighted by Gasteiger charge is -2.34. The van der Waals surface area contributed by atoms with Gasteiger partial charge in [0.1, 0.15) is 0 Å². The van der Waals surface area contributed by atoms with E-state index in [1.54, 1.807) is 0 Å². The molecular formula is C13H23O6P. The first-order valence-electron chi connectivity index (χ1n) is 8.82. The highest BCUT2D eigenvalue weighted by Crippen LogP contribution is 2.56. The van der Waals surface area contributed by atoms with Crippen molar-refractivity contribution in [3.05, 3.63) is 0 Å². The standard InChI is InChI=1S/C13H23O6P/c1-9-3-6-16-13(9)12-5-8-17-20(14,19-12)18-11-4-7-15-10(11)2/h9-13H,3-8H2,1-2H3/t9-,10+,11-,12+,13-,20+/m0/s1/i2D,6T,7T/t6-,7-,9-,10+,11-,12+,13-,20+. The molecular weight excluding hydrogens is 283 g/mol. The van der Waals surface area contributed by atoms with Crippen molar-refractivity contribution < 1.29 is 31.7 Å².